The third kappa shape index (κ3) is 6.28. The van der Waals surface area contributed by atoms with E-state index in [1.807, 2.05) is 50.1 Å². The van der Waals surface area contributed by atoms with Crippen molar-refractivity contribution in [2.45, 2.75) is 17.6 Å². The molecule has 0 unspecified atom stereocenters. The first-order valence-corrected chi connectivity index (χ1v) is 10.1. The zero-order chi connectivity index (χ0) is 18.1. The van der Waals surface area contributed by atoms with E-state index in [9.17, 15) is 0 Å². The molecule has 0 radical (unpaired) electrons. The molecule has 1 saturated heterocycles. The minimum Gasteiger partial charge on any atom is -0.492 e. The summed E-state index contributed by atoms with van der Waals surface area (Å²) in [4.78, 5) is 6.48. The van der Waals surface area contributed by atoms with Crippen molar-refractivity contribution in [1.82, 2.24) is 10.2 Å². The summed E-state index contributed by atoms with van der Waals surface area (Å²) < 4.78 is 11.5. The fraction of sp³-hybridized carbons (Fsp3) is 0.611. The van der Waals surface area contributed by atoms with Crippen molar-refractivity contribution in [3.8, 4) is 5.75 Å². The maximum atomic E-state index is 5.88. The number of ether oxygens (including phenoxy) is 2. The van der Waals surface area contributed by atoms with Crippen LogP contribution in [0, 0.1) is 0 Å². The predicted molar refractivity (Wildman–Crippen MR) is 107 cm³/mol. The summed E-state index contributed by atoms with van der Waals surface area (Å²) in [5, 5.41) is 4.23. The van der Waals surface area contributed by atoms with Crippen LogP contribution in [0.4, 0.5) is 0 Å². The monoisotopic (exact) mass is 385 g/mol. The van der Waals surface area contributed by atoms with Gasteiger partial charge >= 0.3 is 0 Å². The molecule has 1 fully saturated rings. The van der Waals surface area contributed by atoms with Crippen LogP contribution in [0.2, 0.25) is 5.02 Å². The summed E-state index contributed by atoms with van der Waals surface area (Å²) in [6.45, 7) is 3.91. The average Bonchev–Trinajstić information content (AvgIpc) is 2.64. The fourth-order valence-electron chi connectivity index (χ4n) is 2.76. The lowest BCUT2D eigenvalue weighted by Crippen LogP contribution is -2.48. The van der Waals surface area contributed by atoms with Gasteiger partial charge in [0, 0.05) is 43.6 Å². The number of guanidine groups is 1. The average molecular weight is 386 g/mol. The molecule has 1 aromatic rings. The lowest BCUT2D eigenvalue weighted by molar-refractivity contribution is 0.0781. The lowest BCUT2D eigenvalue weighted by atomic mass is 9.99. The Hall–Kier alpha value is -1.11. The Morgan fingerprint density at radius 1 is 1.36 bits per heavy atom. The Morgan fingerprint density at radius 3 is 2.64 bits per heavy atom. The Morgan fingerprint density at radius 2 is 2.04 bits per heavy atom. The molecule has 1 N–H and O–H groups in total. The van der Waals surface area contributed by atoms with Gasteiger partial charge in [-0.3, -0.25) is 4.99 Å². The molecule has 7 heteroatoms. The van der Waals surface area contributed by atoms with Crippen LogP contribution < -0.4 is 10.1 Å². The van der Waals surface area contributed by atoms with Crippen LogP contribution in [0.15, 0.2) is 29.3 Å². The van der Waals surface area contributed by atoms with Gasteiger partial charge in [0.2, 0.25) is 0 Å². The molecule has 0 atom stereocenters. The van der Waals surface area contributed by atoms with E-state index >= 15 is 0 Å². The third-order valence-electron chi connectivity index (χ3n) is 4.49. The highest BCUT2D eigenvalue weighted by molar-refractivity contribution is 8.00. The molecule has 0 bridgehead atoms. The fourth-order valence-corrected chi connectivity index (χ4v) is 3.68. The van der Waals surface area contributed by atoms with Crippen LogP contribution in [-0.4, -0.2) is 68.9 Å². The van der Waals surface area contributed by atoms with E-state index in [0.29, 0.717) is 11.6 Å². The molecular weight excluding hydrogens is 358 g/mol. The van der Waals surface area contributed by atoms with Gasteiger partial charge in [0.1, 0.15) is 12.4 Å². The van der Waals surface area contributed by atoms with Crippen LogP contribution >= 0.6 is 23.4 Å². The van der Waals surface area contributed by atoms with Gasteiger partial charge in [-0.2, -0.15) is 11.8 Å². The van der Waals surface area contributed by atoms with Crippen molar-refractivity contribution in [1.29, 1.82) is 0 Å². The Balaban J connectivity index is 1.78. The summed E-state index contributed by atoms with van der Waals surface area (Å²) in [6.07, 6.45) is 4.32. The highest BCUT2D eigenvalue weighted by Gasteiger charge is 2.32. The highest BCUT2D eigenvalue weighted by atomic mass is 35.5. The molecule has 2 rings (SSSR count). The number of thioether (sulfide) groups is 1. The molecular formula is C18H28ClN3O2S. The Bertz CT molecular complexity index is 548. The maximum absolute atomic E-state index is 5.88. The minimum atomic E-state index is 0.231. The SMILES string of the molecule is CN=C(NCC1(SC)CCOCC1)N(C)CCOc1ccc(Cl)cc1. The van der Waals surface area contributed by atoms with Gasteiger partial charge in [0.15, 0.2) is 5.96 Å². The first kappa shape index (κ1) is 20.2. The molecule has 0 spiro atoms. The molecule has 0 aliphatic carbocycles. The Labute approximate surface area is 160 Å². The van der Waals surface area contributed by atoms with Crippen LogP contribution in [0.5, 0.6) is 5.75 Å². The highest BCUT2D eigenvalue weighted by Crippen LogP contribution is 2.33. The molecule has 1 aliphatic heterocycles. The van der Waals surface area contributed by atoms with Gasteiger partial charge < -0.3 is 19.7 Å². The van der Waals surface area contributed by atoms with Crippen LogP contribution in [0.3, 0.4) is 0 Å². The molecule has 1 heterocycles. The van der Waals surface area contributed by atoms with Gasteiger partial charge in [0.25, 0.3) is 0 Å². The van der Waals surface area contributed by atoms with Crippen molar-refractivity contribution in [3.63, 3.8) is 0 Å². The van der Waals surface area contributed by atoms with E-state index in [-0.39, 0.29) is 4.75 Å². The summed E-state index contributed by atoms with van der Waals surface area (Å²) in [6, 6.07) is 7.42. The molecule has 140 valence electrons. The number of likely N-dealkylation sites (N-methyl/N-ethyl adjacent to an activating group) is 1. The second kappa shape index (κ2) is 10.1. The number of aliphatic imine (C=N–C) groups is 1. The molecule has 5 nitrogen and oxygen atoms in total. The van der Waals surface area contributed by atoms with Gasteiger partial charge in [-0.05, 0) is 43.4 Å². The lowest BCUT2D eigenvalue weighted by Gasteiger charge is -2.36. The minimum absolute atomic E-state index is 0.231. The van der Waals surface area contributed by atoms with Crippen LogP contribution in [0.25, 0.3) is 0 Å². The molecule has 25 heavy (non-hydrogen) atoms. The van der Waals surface area contributed by atoms with E-state index in [1.165, 1.54) is 0 Å². The maximum Gasteiger partial charge on any atom is 0.193 e. The largest absolute Gasteiger partial charge is 0.492 e. The normalized spacial score (nSPS) is 17.2. The Kier molecular flexibility index (Phi) is 8.19. The topological polar surface area (TPSA) is 46.1 Å². The van der Waals surface area contributed by atoms with Gasteiger partial charge in [0.05, 0.1) is 6.54 Å². The summed E-state index contributed by atoms with van der Waals surface area (Å²) in [7, 11) is 3.84. The number of nitrogens with zero attached hydrogens (tertiary/aromatic N) is 2. The number of benzene rings is 1. The number of nitrogens with one attached hydrogen (secondary N) is 1. The van der Waals surface area contributed by atoms with E-state index in [4.69, 9.17) is 21.1 Å². The van der Waals surface area contributed by atoms with E-state index < -0.39 is 0 Å². The van der Waals surface area contributed by atoms with Gasteiger partial charge in [-0.15, -0.1) is 0 Å². The van der Waals surface area contributed by atoms with E-state index in [2.05, 4.69) is 21.5 Å². The zero-order valence-corrected chi connectivity index (χ0v) is 16.8. The first-order valence-electron chi connectivity index (χ1n) is 8.51. The van der Waals surface area contributed by atoms with Crippen molar-refractivity contribution in [2.75, 3.05) is 53.3 Å². The second-order valence-electron chi connectivity index (χ2n) is 6.12. The molecule has 0 amide bonds. The number of halogens is 1. The predicted octanol–water partition coefficient (Wildman–Crippen LogP) is 3.14. The van der Waals surface area contributed by atoms with E-state index in [1.54, 1.807) is 0 Å². The number of hydrogen-bond donors (Lipinski definition) is 1. The molecule has 1 aromatic carbocycles. The first-order chi connectivity index (χ1) is 12.1. The van der Waals surface area contributed by atoms with Gasteiger partial charge in [-0.25, -0.2) is 0 Å². The third-order valence-corrected chi connectivity index (χ3v) is 6.16. The zero-order valence-electron chi connectivity index (χ0n) is 15.3. The van der Waals surface area contributed by atoms with E-state index in [0.717, 1.165) is 50.9 Å². The molecule has 1 aliphatic rings. The summed E-state index contributed by atoms with van der Waals surface area (Å²) in [5.41, 5.74) is 0. The number of rotatable bonds is 7. The number of hydrogen-bond acceptors (Lipinski definition) is 4. The van der Waals surface area contributed by atoms with Crippen LogP contribution in [0.1, 0.15) is 12.8 Å². The van der Waals surface area contributed by atoms with Gasteiger partial charge in [-0.1, -0.05) is 11.6 Å². The van der Waals surface area contributed by atoms with Crippen LogP contribution in [-0.2, 0) is 4.74 Å². The standard InChI is InChI=1S/C18H28ClN3O2S/c1-20-17(21-14-18(25-3)8-11-23-12-9-18)22(2)10-13-24-16-6-4-15(19)5-7-16/h4-7H,8-14H2,1-3H3,(H,20,21). The summed E-state index contributed by atoms with van der Waals surface area (Å²) >= 11 is 7.80. The van der Waals surface area contributed by atoms with Crippen molar-refractivity contribution < 1.29 is 9.47 Å². The van der Waals surface area contributed by atoms with Crippen molar-refractivity contribution in [2.24, 2.45) is 4.99 Å². The second-order valence-corrected chi connectivity index (χ2v) is 7.83. The summed E-state index contributed by atoms with van der Waals surface area (Å²) in [5.74, 6) is 1.71. The van der Waals surface area contributed by atoms with Crippen molar-refractivity contribution >= 4 is 29.3 Å². The molecule has 0 saturated carbocycles. The molecule has 0 aromatic heterocycles. The van der Waals surface area contributed by atoms with Crippen molar-refractivity contribution in [3.05, 3.63) is 29.3 Å². The smallest absolute Gasteiger partial charge is 0.193 e. The quantitative estimate of drug-likeness (QED) is 0.577.